The van der Waals surface area contributed by atoms with Crippen molar-refractivity contribution in [1.82, 2.24) is 10.6 Å². The molecule has 1 aromatic rings. The van der Waals surface area contributed by atoms with E-state index in [9.17, 15) is 28.8 Å². The van der Waals surface area contributed by atoms with Crippen molar-refractivity contribution in [1.29, 1.82) is 0 Å². The van der Waals surface area contributed by atoms with Crippen LogP contribution in [0.5, 0.6) is 0 Å². The van der Waals surface area contributed by atoms with Crippen LogP contribution in [-0.2, 0) is 51.0 Å². The Hall–Kier alpha value is -3.96. The number of carbonyl (C=O) groups excluding carboxylic acids is 6. The Kier molecular flexibility index (Phi) is 12.1. The van der Waals surface area contributed by atoms with Crippen molar-refractivity contribution in [2.45, 2.75) is 52.6 Å². The SMILES string of the molecule is CCOC(=O)C(Cc1cc(C(=O)OC)c(C(=O)OC)cc1CC(NC(C)=O)C(=O)OCC)NC(C)=O. The van der Waals surface area contributed by atoms with Gasteiger partial charge < -0.3 is 29.6 Å². The molecule has 1 aromatic carbocycles. The fraction of sp³-hybridized carbons (Fsp3) is 0.500. The lowest BCUT2D eigenvalue weighted by Gasteiger charge is -2.22. The molecule has 0 spiro atoms. The molecule has 0 saturated carbocycles. The predicted octanol–water partition coefficient (Wildman–Crippen LogP) is 0.480. The number of methoxy groups -OCH3 is 2. The Labute approximate surface area is 209 Å². The zero-order valence-electron chi connectivity index (χ0n) is 21.2. The molecule has 0 saturated heterocycles. The summed E-state index contributed by atoms with van der Waals surface area (Å²) in [5, 5.41) is 4.99. The lowest BCUT2D eigenvalue weighted by molar-refractivity contribution is -0.147. The van der Waals surface area contributed by atoms with Gasteiger partial charge >= 0.3 is 23.9 Å². The van der Waals surface area contributed by atoms with Crippen molar-refractivity contribution < 1.29 is 47.7 Å². The third kappa shape index (κ3) is 8.67. The van der Waals surface area contributed by atoms with E-state index in [1.807, 2.05) is 0 Å². The Morgan fingerprint density at radius 2 is 1.03 bits per heavy atom. The fourth-order valence-corrected chi connectivity index (χ4v) is 3.43. The van der Waals surface area contributed by atoms with E-state index in [0.717, 1.165) is 14.2 Å². The Balaban J connectivity index is 3.74. The lowest BCUT2D eigenvalue weighted by Crippen LogP contribution is -2.44. The fourth-order valence-electron chi connectivity index (χ4n) is 3.43. The van der Waals surface area contributed by atoms with Crippen LogP contribution in [0.4, 0.5) is 0 Å². The van der Waals surface area contributed by atoms with Crippen LogP contribution >= 0.6 is 0 Å². The molecule has 0 aromatic heterocycles. The third-order valence-corrected chi connectivity index (χ3v) is 4.90. The number of ether oxygens (including phenoxy) is 4. The van der Waals surface area contributed by atoms with Gasteiger partial charge in [0.05, 0.1) is 38.6 Å². The molecule has 2 N–H and O–H groups in total. The zero-order valence-corrected chi connectivity index (χ0v) is 21.2. The van der Waals surface area contributed by atoms with Crippen molar-refractivity contribution >= 4 is 35.7 Å². The molecule has 0 aliphatic carbocycles. The number of nitrogens with one attached hydrogen (secondary N) is 2. The van der Waals surface area contributed by atoms with Gasteiger partial charge in [-0.15, -0.1) is 0 Å². The zero-order chi connectivity index (χ0) is 27.4. The molecular formula is C24H32N2O10. The van der Waals surface area contributed by atoms with Crippen LogP contribution in [0.1, 0.15) is 59.5 Å². The van der Waals surface area contributed by atoms with Gasteiger partial charge in [-0.05, 0) is 37.1 Å². The van der Waals surface area contributed by atoms with E-state index in [2.05, 4.69) is 10.6 Å². The average molecular weight is 509 g/mol. The average Bonchev–Trinajstić information content (AvgIpc) is 2.82. The number of hydrogen-bond donors (Lipinski definition) is 2. The maximum atomic E-state index is 12.5. The van der Waals surface area contributed by atoms with Crippen LogP contribution in [0.25, 0.3) is 0 Å². The van der Waals surface area contributed by atoms with E-state index in [1.54, 1.807) is 13.8 Å². The first-order chi connectivity index (χ1) is 17.0. The number of hydrogen-bond acceptors (Lipinski definition) is 10. The summed E-state index contributed by atoms with van der Waals surface area (Å²) in [6.07, 6.45) is -0.316. The molecule has 2 atom stereocenters. The molecule has 36 heavy (non-hydrogen) atoms. The van der Waals surface area contributed by atoms with Crippen LogP contribution in [-0.4, -0.2) is 75.2 Å². The summed E-state index contributed by atoms with van der Waals surface area (Å²) < 4.78 is 19.7. The minimum Gasteiger partial charge on any atom is -0.465 e. The highest BCUT2D eigenvalue weighted by atomic mass is 16.5. The normalized spacial score (nSPS) is 11.9. The van der Waals surface area contributed by atoms with E-state index in [1.165, 1.54) is 26.0 Å². The Morgan fingerprint density at radius 1 is 0.694 bits per heavy atom. The first-order valence-electron chi connectivity index (χ1n) is 11.2. The van der Waals surface area contributed by atoms with Crippen LogP contribution in [0, 0.1) is 0 Å². The minimum absolute atomic E-state index is 0.0595. The quantitative estimate of drug-likeness (QED) is 0.300. The minimum atomic E-state index is -1.14. The lowest BCUT2D eigenvalue weighted by atomic mass is 9.90. The number of rotatable bonds is 12. The number of esters is 4. The van der Waals surface area contributed by atoms with E-state index < -0.39 is 47.8 Å². The van der Waals surface area contributed by atoms with Crippen molar-refractivity contribution in [2.24, 2.45) is 0 Å². The van der Waals surface area contributed by atoms with E-state index >= 15 is 0 Å². The first-order valence-corrected chi connectivity index (χ1v) is 11.2. The van der Waals surface area contributed by atoms with Gasteiger partial charge in [0.15, 0.2) is 0 Å². The molecule has 0 fully saturated rings. The molecule has 198 valence electrons. The van der Waals surface area contributed by atoms with E-state index in [0.29, 0.717) is 11.1 Å². The van der Waals surface area contributed by atoms with Crippen LogP contribution in [0.15, 0.2) is 12.1 Å². The first kappa shape index (κ1) is 30.1. The topological polar surface area (TPSA) is 163 Å². The van der Waals surface area contributed by atoms with E-state index in [4.69, 9.17) is 18.9 Å². The standard InChI is InChI=1S/C24H32N2O10/c1-7-35-23(31)19(25-13(3)27)11-15-9-17(21(29)33-5)18(22(30)34-6)10-16(15)12-20(26-14(4)28)24(32)36-8-2/h9-10,19-20H,7-8,11-12H2,1-6H3,(H,25,27)(H,26,28). The molecule has 1 rings (SSSR count). The van der Waals surface area contributed by atoms with Gasteiger partial charge in [-0.25, -0.2) is 19.2 Å². The van der Waals surface area contributed by atoms with E-state index in [-0.39, 0.29) is 37.2 Å². The molecule has 2 amide bonds. The maximum Gasteiger partial charge on any atom is 0.338 e. The van der Waals surface area contributed by atoms with Crippen molar-refractivity contribution in [3.63, 3.8) is 0 Å². The molecule has 0 heterocycles. The summed E-state index contributed by atoms with van der Waals surface area (Å²) in [4.78, 5) is 73.4. The largest absolute Gasteiger partial charge is 0.465 e. The van der Waals surface area contributed by atoms with Gasteiger partial charge in [0, 0.05) is 26.7 Å². The maximum absolute atomic E-state index is 12.5. The molecule has 0 radical (unpaired) electrons. The third-order valence-electron chi connectivity index (χ3n) is 4.90. The second-order valence-corrected chi connectivity index (χ2v) is 7.57. The number of benzene rings is 1. The Morgan fingerprint density at radius 3 is 1.28 bits per heavy atom. The molecular weight excluding hydrogens is 476 g/mol. The molecule has 0 aliphatic heterocycles. The summed E-state index contributed by atoms with van der Waals surface area (Å²) >= 11 is 0. The van der Waals surface area contributed by atoms with Crippen LogP contribution in [0.3, 0.4) is 0 Å². The molecule has 12 heteroatoms. The summed E-state index contributed by atoms with van der Waals surface area (Å²) in [6.45, 7) is 5.77. The highest BCUT2D eigenvalue weighted by molar-refractivity contribution is 6.03. The highest BCUT2D eigenvalue weighted by Crippen LogP contribution is 2.23. The molecule has 0 aliphatic rings. The van der Waals surface area contributed by atoms with Gasteiger partial charge in [-0.1, -0.05) is 0 Å². The predicted molar refractivity (Wildman–Crippen MR) is 125 cm³/mol. The van der Waals surface area contributed by atoms with Gasteiger partial charge in [0.2, 0.25) is 11.8 Å². The van der Waals surface area contributed by atoms with Gasteiger partial charge in [-0.2, -0.15) is 0 Å². The van der Waals surface area contributed by atoms with Crippen molar-refractivity contribution in [3.05, 3.63) is 34.4 Å². The highest BCUT2D eigenvalue weighted by Gasteiger charge is 2.29. The number of carbonyl (C=O) groups is 6. The summed E-state index contributed by atoms with van der Waals surface area (Å²) in [7, 11) is 2.26. The van der Waals surface area contributed by atoms with Crippen LogP contribution < -0.4 is 10.6 Å². The van der Waals surface area contributed by atoms with Crippen LogP contribution in [0.2, 0.25) is 0 Å². The summed E-state index contributed by atoms with van der Waals surface area (Å²) in [5.74, 6) is -4.15. The number of amides is 2. The molecule has 0 bridgehead atoms. The van der Waals surface area contributed by atoms with Gasteiger partial charge in [-0.3, -0.25) is 9.59 Å². The second-order valence-electron chi connectivity index (χ2n) is 7.57. The van der Waals surface area contributed by atoms with Gasteiger partial charge in [0.25, 0.3) is 0 Å². The molecule has 12 nitrogen and oxygen atoms in total. The van der Waals surface area contributed by atoms with Crippen molar-refractivity contribution in [2.75, 3.05) is 27.4 Å². The molecule has 2 unspecified atom stereocenters. The Bertz CT molecular complexity index is 926. The van der Waals surface area contributed by atoms with Gasteiger partial charge in [0.1, 0.15) is 12.1 Å². The smallest absolute Gasteiger partial charge is 0.338 e. The summed E-state index contributed by atoms with van der Waals surface area (Å²) in [5.41, 5.74) is 0.325. The monoisotopic (exact) mass is 508 g/mol. The van der Waals surface area contributed by atoms with Crippen molar-refractivity contribution in [3.8, 4) is 0 Å². The second kappa shape index (κ2) is 14.4. The summed E-state index contributed by atoms with van der Waals surface area (Å²) in [6, 6.07) is 0.351.